The van der Waals surface area contributed by atoms with Crippen LogP contribution in [0, 0.1) is 5.41 Å². The minimum absolute atomic E-state index is 0.0856. The van der Waals surface area contributed by atoms with E-state index in [1.165, 1.54) is 12.8 Å². The Morgan fingerprint density at radius 1 is 1.25 bits per heavy atom. The van der Waals surface area contributed by atoms with Gasteiger partial charge in [-0.25, -0.2) is 9.98 Å². The van der Waals surface area contributed by atoms with Gasteiger partial charge >= 0.3 is 0 Å². The molecule has 2 aliphatic carbocycles. The predicted octanol–water partition coefficient (Wildman–Crippen LogP) is 1.10. The molecule has 1 unspecified atom stereocenters. The lowest BCUT2D eigenvalue weighted by atomic mass is 9.74. The van der Waals surface area contributed by atoms with Gasteiger partial charge in [-0.15, -0.1) is 0 Å². The fraction of sp³-hybridized carbons (Fsp3) is 0.500. The maximum absolute atomic E-state index is 5.92. The first-order valence-corrected chi connectivity index (χ1v) is 5.79. The Hall–Kier alpha value is -1.42. The van der Waals surface area contributed by atoms with Crippen LogP contribution >= 0.6 is 0 Å². The molecule has 1 spiro atoms. The molecule has 16 heavy (non-hydrogen) atoms. The summed E-state index contributed by atoms with van der Waals surface area (Å²) in [4.78, 5) is 8.60. The summed E-state index contributed by atoms with van der Waals surface area (Å²) in [6, 6.07) is 0. The Bertz CT molecular complexity index is 436. The second-order valence-corrected chi connectivity index (χ2v) is 4.71. The zero-order valence-corrected chi connectivity index (χ0v) is 9.19. The highest BCUT2D eigenvalue weighted by molar-refractivity contribution is 6.27. The predicted molar refractivity (Wildman–Crippen MR) is 65.2 cm³/mol. The van der Waals surface area contributed by atoms with Crippen molar-refractivity contribution in [2.75, 3.05) is 0 Å². The van der Waals surface area contributed by atoms with E-state index < -0.39 is 6.29 Å². The fourth-order valence-electron chi connectivity index (χ4n) is 2.94. The largest absolute Gasteiger partial charge is 0.383 e. The molecule has 1 saturated carbocycles. The molecule has 4 heteroatoms. The third kappa shape index (κ3) is 1.26. The molecule has 0 amide bonds. The van der Waals surface area contributed by atoms with E-state index in [4.69, 9.17) is 11.5 Å². The van der Waals surface area contributed by atoms with Crippen molar-refractivity contribution in [2.24, 2.45) is 26.9 Å². The van der Waals surface area contributed by atoms with E-state index in [0.717, 1.165) is 24.1 Å². The molecule has 0 saturated heterocycles. The molecule has 0 bridgehead atoms. The first-order chi connectivity index (χ1) is 7.71. The molecule has 1 heterocycles. The average molecular weight is 216 g/mol. The quantitative estimate of drug-likeness (QED) is 0.636. The van der Waals surface area contributed by atoms with E-state index in [9.17, 15) is 0 Å². The van der Waals surface area contributed by atoms with E-state index in [1.807, 2.05) is 6.08 Å². The summed E-state index contributed by atoms with van der Waals surface area (Å²) < 4.78 is 0. The number of aliphatic imine (C=N–C) groups is 2. The Morgan fingerprint density at radius 2 is 2.00 bits per heavy atom. The number of fused-ring (bicyclic) bond motifs is 2. The van der Waals surface area contributed by atoms with Gasteiger partial charge in [0.25, 0.3) is 0 Å². The number of nitrogens with zero attached hydrogens (tertiary/aromatic N) is 2. The molecule has 1 atom stereocenters. The highest BCUT2D eigenvalue weighted by Gasteiger charge is 2.41. The van der Waals surface area contributed by atoms with E-state index in [-0.39, 0.29) is 5.41 Å². The van der Waals surface area contributed by atoms with E-state index >= 15 is 0 Å². The number of rotatable bonds is 0. The van der Waals surface area contributed by atoms with Crippen LogP contribution in [-0.2, 0) is 0 Å². The summed E-state index contributed by atoms with van der Waals surface area (Å²) in [7, 11) is 0. The van der Waals surface area contributed by atoms with Gasteiger partial charge in [-0.1, -0.05) is 25.0 Å². The van der Waals surface area contributed by atoms with Gasteiger partial charge in [-0.2, -0.15) is 0 Å². The van der Waals surface area contributed by atoms with Gasteiger partial charge in [0, 0.05) is 11.0 Å². The maximum Gasteiger partial charge on any atom is 0.193 e. The van der Waals surface area contributed by atoms with Gasteiger partial charge in [0.15, 0.2) is 6.29 Å². The molecule has 84 valence electrons. The molecule has 0 aromatic carbocycles. The second-order valence-electron chi connectivity index (χ2n) is 4.71. The van der Waals surface area contributed by atoms with E-state index in [2.05, 4.69) is 22.1 Å². The second kappa shape index (κ2) is 3.28. The molecule has 1 aliphatic heterocycles. The molecular formula is C12H16N4. The van der Waals surface area contributed by atoms with Crippen LogP contribution in [0.3, 0.4) is 0 Å². The van der Waals surface area contributed by atoms with Crippen molar-refractivity contribution < 1.29 is 0 Å². The Morgan fingerprint density at radius 3 is 2.75 bits per heavy atom. The number of allylic oxidation sites excluding steroid dienone is 3. The first-order valence-electron chi connectivity index (χ1n) is 5.79. The number of hydrogen-bond donors (Lipinski definition) is 2. The average Bonchev–Trinajstić information content (AvgIpc) is 2.69. The van der Waals surface area contributed by atoms with Gasteiger partial charge in [0.2, 0.25) is 0 Å². The Balaban J connectivity index is 2.09. The normalized spacial score (nSPS) is 30.8. The third-order valence-corrected chi connectivity index (χ3v) is 3.71. The monoisotopic (exact) mass is 216 g/mol. The summed E-state index contributed by atoms with van der Waals surface area (Å²) in [5, 5.41) is 0. The van der Waals surface area contributed by atoms with Crippen molar-refractivity contribution in [1.29, 1.82) is 0 Å². The lowest BCUT2D eigenvalue weighted by molar-refractivity contribution is 0.545. The van der Waals surface area contributed by atoms with Crippen molar-refractivity contribution in [2.45, 2.75) is 32.0 Å². The first kappa shape index (κ1) is 9.78. The number of hydrogen-bond acceptors (Lipinski definition) is 4. The lowest BCUT2D eigenvalue weighted by Gasteiger charge is -2.33. The molecule has 4 N–H and O–H groups in total. The van der Waals surface area contributed by atoms with Crippen LogP contribution in [0.4, 0.5) is 0 Å². The number of nitrogens with two attached hydrogens (primary N) is 2. The zero-order chi connectivity index (χ0) is 11.2. The fourth-order valence-corrected chi connectivity index (χ4v) is 2.94. The van der Waals surface area contributed by atoms with E-state index in [1.54, 1.807) is 0 Å². The van der Waals surface area contributed by atoms with Gasteiger partial charge < -0.3 is 5.73 Å². The molecule has 3 aliphatic rings. The SMILES string of the molecule is NC1=NC(N)N=C2C1=CC=CC21CCCC1. The summed E-state index contributed by atoms with van der Waals surface area (Å²) in [5.41, 5.74) is 13.8. The summed E-state index contributed by atoms with van der Waals surface area (Å²) >= 11 is 0. The molecule has 0 aromatic heterocycles. The molecule has 3 rings (SSSR count). The maximum atomic E-state index is 5.92. The third-order valence-electron chi connectivity index (χ3n) is 3.71. The highest BCUT2D eigenvalue weighted by atomic mass is 15.2. The van der Waals surface area contributed by atoms with Crippen LogP contribution in [0.5, 0.6) is 0 Å². The molecule has 4 nitrogen and oxygen atoms in total. The topological polar surface area (TPSA) is 76.8 Å². The van der Waals surface area contributed by atoms with Crippen molar-refractivity contribution in [3.05, 3.63) is 23.8 Å². The van der Waals surface area contributed by atoms with Gasteiger partial charge in [-0.05, 0) is 18.9 Å². The standard InChI is InChI=1S/C12H16N4/c13-10-8-4-3-7-12(5-1-2-6-12)9(8)15-11(14)16-10/h3-4,7,11H,1-2,5-6,14H2,(H2,13,16). The van der Waals surface area contributed by atoms with Crippen LogP contribution in [0.2, 0.25) is 0 Å². The zero-order valence-electron chi connectivity index (χ0n) is 9.19. The van der Waals surface area contributed by atoms with Crippen molar-refractivity contribution >= 4 is 11.5 Å². The van der Waals surface area contributed by atoms with Crippen molar-refractivity contribution in [1.82, 2.24) is 0 Å². The van der Waals surface area contributed by atoms with Crippen LogP contribution in [0.25, 0.3) is 0 Å². The van der Waals surface area contributed by atoms with Crippen LogP contribution in [0.15, 0.2) is 33.8 Å². The summed E-state index contributed by atoms with van der Waals surface area (Å²) in [6.07, 6.45) is 10.6. The Labute approximate surface area is 94.8 Å². The van der Waals surface area contributed by atoms with Crippen molar-refractivity contribution in [3.63, 3.8) is 0 Å². The van der Waals surface area contributed by atoms with Crippen LogP contribution < -0.4 is 11.5 Å². The Kier molecular flexibility index (Phi) is 2.01. The minimum atomic E-state index is -0.517. The smallest absolute Gasteiger partial charge is 0.193 e. The van der Waals surface area contributed by atoms with Crippen LogP contribution in [0.1, 0.15) is 25.7 Å². The minimum Gasteiger partial charge on any atom is -0.383 e. The molecule has 0 aromatic rings. The van der Waals surface area contributed by atoms with E-state index in [0.29, 0.717) is 5.84 Å². The van der Waals surface area contributed by atoms with Gasteiger partial charge in [-0.3, -0.25) is 5.73 Å². The van der Waals surface area contributed by atoms with Crippen LogP contribution in [-0.4, -0.2) is 17.8 Å². The van der Waals surface area contributed by atoms with Crippen molar-refractivity contribution in [3.8, 4) is 0 Å². The highest BCUT2D eigenvalue weighted by Crippen LogP contribution is 2.45. The lowest BCUT2D eigenvalue weighted by Crippen LogP contribution is -2.40. The molecule has 0 radical (unpaired) electrons. The summed E-state index contributed by atoms with van der Waals surface area (Å²) in [6.45, 7) is 0. The summed E-state index contributed by atoms with van der Waals surface area (Å²) in [5.74, 6) is 0.535. The molecule has 1 fully saturated rings. The molecular weight excluding hydrogens is 200 g/mol. The van der Waals surface area contributed by atoms with Gasteiger partial charge in [0.05, 0.1) is 5.71 Å². The number of amidine groups is 1. The van der Waals surface area contributed by atoms with Gasteiger partial charge in [0.1, 0.15) is 5.84 Å².